The fourth-order valence-electron chi connectivity index (χ4n) is 4.16. The molecule has 39 heavy (non-hydrogen) atoms. The molecule has 0 saturated carbocycles. The van der Waals surface area contributed by atoms with Crippen LogP contribution >= 0.6 is 0 Å². The van der Waals surface area contributed by atoms with Gasteiger partial charge in [-0.15, -0.1) is 0 Å². The number of nitrogens with one attached hydrogen (secondary N) is 1. The normalized spacial score (nSPS) is 14.9. The molecule has 3 aromatic heterocycles. The number of carboxylic acids is 1. The van der Waals surface area contributed by atoms with Crippen LogP contribution in [0.3, 0.4) is 0 Å². The molecule has 0 spiro atoms. The fraction of sp³-hybridized carbons (Fsp3) is 0.250. The average Bonchev–Trinajstić information content (AvgIpc) is 2.95. The van der Waals surface area contributed by atoms with Crippen molar-refractivity contribution >= 4 is 23.4 Å². The second-order valence-electron chi connectivity index (χ2n) is 8.75. The molecule has 1 saturated heterocycles. The summed E-state index contributed by atoms with van der Waals surface area (Å²) in [6, 6.07) is 15.1. The second kappa shape index (κ2) is 12.1. The van der Waals surface area contributed by atoms with Crippen molar-refractivity contribution in [1.82, 2.24) is 19.9 Å². The van der Waals surface area contributed by atoms with E-state index >= 15 is 0 Å². The summed E-state index contributed by atoms with van der Waals surface area (Å²) >= 11 is 0. The third-order valence-corrected chi connectivity index (χ3v) is 5.94. The third kappa shape index (κ3) is 6.69. The summed E-state index contributed by atoms with van der Waals surface area (Å²) in [6.45, 7) is 3.94. The number of carbonyl (C=O) groups is 1. The molecule has 11 nitrogen and oxygen atoms in total. The number of ether oxygens (including phenoxy) is 3. The van der Waals surface area contributed by atoms with E-state index in [0.717, 1.165) is 25.2 Å². The van der Waals surface area contributed by atoms with Gasteiger partial charge < -0.3 is 29.5 Å². The summed E-state index contributed by atoms with van der Waals surface area (Å²) in [7, 11) is 0. The van der Waals surface area contributed by atoms with E-state index in [4.69, 9.17) is 24.3 Å². The zero-order valence-electron chi connectivity index (χ0n) is 21.4. The van der Waals surface area contributed by atoms with Crippen molar-refractivity contribution in [3.05, 3.63) is 78.8 Å². The number of aromatic nitrogens is 4. The van der Waals surface area contributed by atoms with E-state index in [0.29, 0.717) is 48.0 Å². The monoisotopic (exact) mass is 528 g/mol. The number of pyridine rings is 2. The Bertz CT molecular complexity index is 1420. The molecule has 200 valence electrons. The van der Waals surface area contributed by atoms with Crippen molar-refractivity contribution in [3.8, 4) is 23.3 Å². The van der Waals surface area contributed by atoms with Crippen molar-refractivity contribution in [2.75, 3.05) is 29.9 Å². The number of anilines is 3. The van der Waals surface area contributed by atoms with Crippen LogP contribution < -0.4 is 24.4 Å². The van der Waals surface area contributed by atoms with E-state index < -0.39 is 5.97 Å². The highest BCUT2D eigenvalue weighted by Crippen LogP contribution is 2.28. The Morgan fingerprint density at radius 1 is 1.08 bits per heavy atom. The summed E-state index contributed by atoms with van der Waals surface area (Å²) in [5.74, 6) is 2.76. The molecule has 11 heteroatoms. The topological polar surface area (TPSA) is 132 Å². The van der Waals surface area contributed by atoms with Gasteiger partial charge in [-0.05, 0) is 62.2 Å². The number of hydrogen-bond acceptors (Lipinski definition) is 10. The minimum absolute atomic E-state index is 0.0636. The SMILES string of the molecule is CCOc1cccnc1O[C@@H]1CCCN(c2cncc(Nc3cccc(Oc4ccc(C(=O)O)cc4)n3)n2)C1. The third-order valence-electron chi connectivity index (χ3n) is 5.94. The number of aromatic carboxylic acids is 1. The number of nitrogens with zero attached hydrogens (tertiary/aromatic N) is 5. The predicted octanol–water partition coefficient (Wildman–Crippen LogP) is 4.95. The van der Waals surface area contributed by atoms with E-state index in [1.54, 1.807) is 48.9 Å². The van der Waals surface area contributed by atoms with E-state index in [-0.39, 0.29) is 11.7 Å². The molecule has 1 aromatic carbocycles. The molecule has 0 bridgehead atoms. The van der Waals surface area contributed by atoms with Crippen LogP contribution in [0.1, 0.15) is 30.1 Å². The Balaban J connectivity index is 1.23. The highest BCUT2D eigenvalue weighted by molar-refractivity contribution is 5.87. The maximum absolute atomic E-state index is 11.0. The van der Waals surface area contributed by atoms with Gasteiger partial charge >= 0.3 is 5.97 Å². The summed E-state index contributed by atoms with van der Waals surface area (Å²) in [6.07, 6.45) is 6.83. The van der Waals surface area contributed by atoms with Crippen LogP contribution in [0, 0.1) is 0 Å². The van der Waals surface area contributed by atoms with E-state index in [2.05, 4.69) is 25.2 Å². The highest BCUT2D eigenvalue weighted by atomic mass is 16.5. The summed E-state index contributed by atoms with van der Waals surface area (Å²) in [5.41, 5.74) is 0.183. The van der Waals surface area contributed by atoms with Gasteiger partial charge in [0.1, 0.15) is 23.5 Å². The standard InChI is InChI=1S/C28H28N6O5/c1-2-37-22-7-4-14-30-27(22)39-21-6-5-15-34(18-21)25-17-29-16-24(32-25)31-23-8-3-9-26(33-23)38-20-12-10-19(11-13-20)28(35)36/h3-4,7-14,16-17,21H,2,5-6,15,18H2,1H3,(H,35,36)(H,31,32,33)/t21-/m1/s1. The van der Waals surface area contributed by atoms with Crippen LogP contribution in [-0.4, -0.2) is 56.8 Å². The van der Waals surface area contributed by atoms with Crippen molar-refractivity contribution in [3.63, 3.8) is 0 Å². The van der Waals surface area contributed by atoms with Crippen LogP contribution in [0.4, 0.5) is 17.5 Å². The Labute approximate surface area is 225 Å². The smallest absolute Gasteiger partial charge is 0.335 e. The molecule has 1 aliphatic heterocycles. The van der Waals surface area contributed by atoms with Gasteiger partial charge in [0.2, 0.25) is 5.88 Å². The first-order valence-corrected chi connectivity index (χ1v) is 12.6. The molecule has 2 N–H and O–H groups in total. The molecule has 0 radical (unpaired) electrons. The van der Waals surface area contributed by atoms with Crippen LogP contribution in [0.15, 0.2) is 73.2 Å². The first-order valence-electron chi connectivity index (χ1n) is 12.6. The molecular weight excluding hydrogens is 500 g/mol. The lowest BCUT2D eigenvalue weighted by Gasteiger charge is -2.33. The van der Waals surface area contributed by atoms with E-state index in [9.17, 15) is 4.79 Å². The Kier molecular flexibility index (Phi) is 7.96. The second-order valence-corrected chi connectivity index (χ2v) is 8.75. The molecule has 1 atom stereocenters. The molecule has 4 aromatic rings. The number of piperidine rings is 1. The molecule has 0 amide bonds. The van der Waals surface area contributed by atoms with Gasteiger partial charge in [0.25, 0.3) is 5.88 Å². The lowest BCUT2D eigenvalue weighted by molar-refractivity contribution is 0.0697. The van der Waals surface area contributed by atoms with Crippen LogP contribution in [0.25, 0.3) is 0 Å². The van der Waals surface area contributed by atoms with Gasteiger partial charge in [-0.2, -0.15) is 4.98 Å². The zero-order valence-corrected chi connectivity index (χ0v) is 21.4. The van der Waals surface area contributed by atoms with Crippen molar-refractivity contribution < 1.29 is 24.1 Å². The highest BCUT2D eigenvalue weighted by Gasteiger charge is 2.24. The summed E-state index contributed by atoms with van der Waals surface area (Å²) in [4.78, 5) is 31.1. The molecular formula is C28H28N6O5. The number of benzene rings is 1. The molecule has 4 heterocycles. The number of carboxylic acid groups (broad SMARTS) is 1. The van der Waals surface area contributed by atoms with E-state index in [1.165, 1.54) is 12.1 Å². The van der Waals surface area contributed by atoms with Crippen LogP contribution in [0.5, 0.6) is 23.3 Å². The molecule has 0 unspecified atom stereocenters. The van der Waals surface area contributed by atoms with Gasteiger partial charge in [0, 0.05) is 18.8 Å². The van der Waals surface area contributed by atoms with Gasteiger partial charge in [-0.25, -0.2) is 14.8 Å². The fourth-order valence-corrected chi connectivity index (χ4v) is 4.16. The van der Waals surface area contributed by atoms with Crippen LogP contribution in [-0.2, 0) is 0 Å². The minimum Gasteiger partial charge on any atom is -0.488 e. The Morgan fingerprint density at radius 3 is 2.77 bits per heavy atom. The average molecular weight is 529 g/mol. The minimum atomic E-state index is -0.995. The number of hydrogen-bond donors (Lipinski definition) is 2. The molecule has 1 aliphatic rings. The van der Waals surface area contributed by atoms with Crippen molar-refractivity contribution in [2.24, 2.45) is 0 Å². The number of rotatable bonds is 10. The van der Waals surface area contributed by atoms with Gasteiger partial charge in [-0.1, -0.05) is 6.07 Å². The Morgan fingerprint density at radius 2 is 1.95 bits per heavy atom. The first kappa shape index (κ1) is 25.7. The quantitative estimate of drug-likeness (QED) is 0.290. The molecule has 1 fully saturated rings. The maximum atomic E-state index is 11.0. The van der Waals surface area contributed by atoms with Crippen molar-refractivity contribution in [1.29, 1.82) is 0 Å². The summed E-state index contributed by atoms with van der Waals surface area (Å²) in [5, 5.41) is 12.2. The van der Waals surface area contributed by atoms with E-state index in [1.807, 2.05) is 19.1 Å². The maximum Gasteiger partial charge on any atom is 0.335 e. The Hall–Kier alpha value is -4.93. The predicted molar refractivity (Wildman–Crippen MR) is 144 cm³/mol. The van der Waals surface area contributed by atoms with Crippen molar-refractivity contribution in [2.45, 2.75) is 25.9 Å². The largest absolute Gasteiger partial charge is 0.488 e. The first-order chi connectivity index (χ1) is 19.1. The lowest BCUT2D eigenvalue weighted by atomic mass is 10.1. The van der Waals surface area contributed by atoms with Crippen LogP contribution in [0.2, 0.25) is 0 Å². The zero-order chi connectivity index (χ0) is 27.0. The molecule has 0 aliphatic carbocycles. The van der Waals surface area contributed by atoms with Gasteiger partial charge in [0.05, 0.1) is 31.1 Å². The molecule has 5 rings (SSSR count). The lowest BCUT2D eigenvalue weighted by Crippen LogP contribution is -2.41. The van der Waals surface area contributed by atoms with Gasteiger partial charge in [0.15, 0.2) is 11.6 Å². The summed E-state index contributed by atoms with van der Waals surface area (Å²) < 4.78 is 17.6. The van der Waals surface area contributed by atoms with Gasteiger partial charge in [-0.3, -0.25) is 4.98 Å².